The second kappa shape index (κ2) is 11.8. The highest BCUT2D eigenvalue weighted by Crippen LogP contribution is 2.25. The van der Waals surface area contributed by atoms with Crippen LogP contribution in [0.3, 0.4) is 0 Å². The molecular weight excluding hydrogens is 230 g/mol. The first-order chi connectivity index (χ1) is 8.65. The van der Waals surface area contributed by atoms with Gasteiger partial charge in [-0.05, 0) is 0 Å². The molecule has 104 valence electrons. The SMILES string of the molecule is CC.CC.COc1cc(NC(C)=O)cc(OC)c1. The zero-order valence-corrected chi connectivity index (χ0v) is 12.5. The van der Waals surface area contributed by atoms with Crippen LogP contribution in [0.5, 0.6) is 11.5 Å². The first-order valence-electron chi connectivity index (χ1n) is 6.16. The molecule has 0 bridgehead atoms. The van der Waals surface area contributed by atoms with Crippen LogP contribution in [-0.4, -0.2) is 20.1 Å². The molecule has 0 aliphatic carbocycles. The number of ether oxygens (including phenoxy) is 2. The third kappa shape index (κ3) is 7.54. The molecule has 0 aliphatic heterocycles. The van der Waals surface area contributed by atoms with E-state index in [1.165, 1.54) is 6.92 Å². The first-order valence-corrected chi connectivity index (χ1v) is 6.16. The van der Waals surface area contributed by atoms with Crippen LogP contribution >= 0.6 is 0 Å². The van der Waals surface area contributed by atoms with Gasteiger partial charge in [0.15, 0.2) is 0 Å². The fraction of sp³-hybridized carbons (Fsp3) is 0.500. The van der Waals surface area contributed by atoms with Gasteiger partial charge in [0, 0.05) is 30.8 Å². The number of carbonyl (C=O) groups excluding carboxylic acids is 1. The lowest BCUT2D eigenvalue weighted by Crippen LogP contribution is -2.05. The summed E-state index contributed by atoms with van der Waals surface area (Å²) in [5, 5.41) is 2.66. The average molecular weight is 255 g/mol. The summed E-state index contributed by atoms with van der Waals surface area (Å²) in [7, 11) is 3.12. The molecule has 0 aliphatic rings. The van der Waals surface area contributed by atoms with Crippen LogP contribution in [0, 0.1) is 0 Å². The van der Waals surface area contributed by atoms with Gasteiger partial charge in [-0.25, -0.2) is 0 Å². The van der Waals surface area contributed by atoms with E-state index in [9.17, 15) is 4.79 Å². The van der Waals surface area contributed by atoms with Gasteiger partial charge >= 0.3 is 0 Å². The highest BCUT2D eigenvalue weighted by atomic mass is 16.5. The maximum absolute atomic E-state index is 10.8. The lowest BCUT2D eigenvalue weighted by atomic mass is 10.2. The predicted octanol–water partition coefficient (Wildman–Crippen LogP) is 3.71. The number of anilines is 1. The maximum atomic E-state index is 10.8. The summed E-state index contributed by atoms with van der Waals surface area (Å²) in [4.78, 5) is 10.8. The number of hydrogen-bond acceptors (Lipinski definition) is 3. The second-order valence-corrected chi connectivity index (χ2v) is 2.78. The monoisotopic (exact) mass is 255 g/mol. The molecule has 1 N–H and O–H groups in total. The zero-order valence-electron chi connectivity index (χ0n) is 12.5. The molecule has 18 heavy (non-hydrogen) atoms. The Bertz CT molecular complexity index is 316. The van der Waals surface area contributed by atoms with E-state index in [1.54, 1.807) is 32.4 Å². The number of carbonyl (C=O) groups is 1. The van der Waals surface area contributed by atoms with Crippen LogP contribution in [0.15, 0.2) is 18.2 Å². The van der Waals surface area contributed by atoms with Gasteiger partial charge in [0.05, 0.1) is 14.2 Å². The quantitative estimate of drug-likeness (QED) is 0.895. The summed E-state index contributed by atoms with van der Waals surface area (Å²) in [5.74, 6) is 1.17. The zero-order chi connectivity index (χ0) is 14.6. The Morgan fingerprint density at radius 2 is 1.33 bits per heavy atom. The van der Waals surface area contributed by atoms with Crippen molar-refractivity contribution in [3.8, 4) is 11.5 Å². The summed E-state index contributed by atoms with van der Waals surface area (Å²) >= 11 is 0. The van der Waals surface area contributed by atoms with Crippen molar-refractivity contribution in [1.82, 2.24) is 0 Å². The highest BCUT2D eigenvalue weighted by molar-refractivity contribution is 5.89. The minimum atomic E-state index is -0.125. The van der Waals surface area contributed by atoms with E-state index in [1.807, 2.05) is 27.7 Å². The van der Waals surface area contributed by atoms with Crippen molar-refractivity contribution in [3.05, 3.63) is 18.2 Å². The number of amides is 1. The van der Waals surface area contributed by atoms with Crippen LogP contribution in [0.25, 0.3) is 0 Å². The predicted molar refractivity (Wildman–Crippen MR) is 76.5 cm³/mol. The Morgan fingerprint density at radius 1 is 0.944 bits per heavy atom. The molecule has 1 rings (SSSR count). The third-order valence-electron chi connectivity index (χ3n) is 1.67. The number of nitrogens with one attached hydrogen (secondary N) is 1. The molecule has 4 heteroatoms. The molecule has 1 aromatic rings. The van der Waals surface area contributed by atoms with Gasteiger partial charge in [0.1, 0.15) is 11.5 Å². The van der Waals surface area contributed by atoms with E-state index in [0.717, 1.165) is 0 Å². The summed E-state index contributed by atoms with van der Waals surface area (Å²) in [6.45, 7) is 9.45. The van der Waals surface area contributed by atoms with E-state index < -0.39 is 0 Å². The Balaban J connectivity index is 0. The molecule has 0 saturated heterocycles. The third-order valence-corrected chi connectivity index (χ3v) is 1.67. The van der Waals surface area contributed by atoms with E-state index >= 15 is 0 Å². The molecule has 0 saturated carbocycles. The Labute approximate surface area is 110 Å². The van der Waals surface area contributed by atoms with Crippen molar-refractivity contribution >= 4 is 11.6 Å². The maximum Gasteiger partial charge on any atom is 0.221 e. The van der Waals surface area contributed by atoms with Crippen LogP contribution < -0.4 is 14.8 Å². The Morgan fingerprint density at radius 3 is 1.61 bits per heavy atom. The molecule has 0 fully saturated rings. The molecule has 0 spiro atoms. The fourth-order valence-corrected chi connectivity index (χ4v) is 1.08. The molecule has 4 nitrogen and oxygen atoms in total. The number of methoxy groups -OCH3 is 2. The molecule has 1 aromatic carbocycles. The molecular formula is C14H25NO3. The largest absolute Gasteiger partial charge is 0.497 e. The minimum absolute atomic E-state index is 0.125. The summed E-state index contributed by atoms with van der Waals surface area (Å²) in [6, 6.07) is 5.19. The molecule has 0 unspecified atom stereocenters. The normalized spacial score (nSPS) is 7.94. The van der Waals surface area contributed by atoms with Gasteiger partial charge in [0.2, 0.25) is 5.91 Å². The molecule has 0 aromatic heterocycles. The van der Waals surface area contributed by atoms with E-state index in [2.05, 4.69) is 5.32 Å². The van der Waals surface area contributed by atoms with Crippen LogP contribution in [0.2, 0.25) is 0 Å². The van der Waals surface area contributed by atoms with Crippen molar-refractivity contribution in [2.75, 3.05) is 19.5 Å². The fourth-order valence-electron chi connectivity index (χ4n) is 1.08. The minimum Gasteiger partial charge on any atom is -0.497 e. The van der Waals surface area contributed by atoms with Gasteiger partial charge in [-0.2, -0.15) is 0 Å². The summed E-state index contributed by atoms with van der Waals surface area (Å²) in [5.41, 5.74) is 0.661. The van der Waals surface area contributed by atoms with E-state index in [4.69, 9.17) is 9.47 Å². The van der Waals surface area contributed by atoms with Crippen LogP contribution in [0.4, 0.5) is 5.69 Å². The van der Waals surface area contributed by atoms with Gasteiger partial charge < -0.3 is 14.8 Å². The van der Waals surface area contributed by atoms with Crippen molar-refractivity contribution < 1.29 is 14.3 Å². The van der Waals surface area contributed by atoms with E-state index in [-0.39, 0.29) is 5.91 Å². The Hall–Kier alpha value is -1.71. The molecule has 0 heterocycles. The highest BCUT2D eigenvalue weighted by Gasteiger charge is 2.02. The first kappa shape index (κ1) is 18.6. The molecule has 0 atom stereocenters. The van der Waals surface area contributed by atoms with Gasteiger partial charge in [-0.3, -0.25) is 4.79 Å². The Kier molecular flexibility index (Phi) is 12.2. The lowest BCUT2D eigenvalue weighted by Gasteiger charge is -2.08. The smallest absolute Gasteiger partial charge is 0.221 e. The number of hydrogen-bond donors (Lipinski definition) is 1. The summed E-state index contributed by atoms with van der Waals surface area (Å²) in [6.07, 6.45) is 0. The molecule has 1 amide bonds. The van der Waals surface area contributed by atoms with E-state index in [0.29, 0.717) is 17.2 Å². The van der Waals surface area contributed by atoms with Crippen molar-refractivity contribution in [2.24, 2.45) is 0 Å². The van der Waals surface area contributed by atoms with Gasteiger partial charge in [0.25, 0.3) is 0 Å². The lowest BCUT2D eigenvalue weighted by molar-refractivity contribution is -0.114. The van der Waals surface area contributed by atoms with Crippen LogP contribution in [0.1, 0.15) is 34.6 Å². The van der Waals surface area contributed by atoms with Gasteiger partial charge in [-0.1, -0.05) is 27.7 Å². The molecule has 0 radical (unpaired) electrons. The average Bonchev–Trinajstić information content (AvgIpc) is 2.42. The summed E-state index contributed by atoms with van der Waals surface area (Å²) < 4.78 is 10.1. The standard InChI is InChI=1S/C10H13NO3.2C2H6/c1-7(12)11-8-4-9(13-2)6-10(5-8)14-3;2*1-2/h4-6H,1-3H3,(H,11,12);2*1-2H3. The van der Waals surface area contributed by atoms with Gasteiger partial charge in [-0.15, -0.1) is 0 Å². The van der Waals surface area contributed by atoms with Crippen LogP contribution in [-0.2, 0) is 4.79 Å². The van der Waals surface area contributed by atoms with Crippen molar-refractivity contribution in [3.63, 3.8) is 0 Å². The number of rotatable bonds is 3. The number of benzene rings is 1. The van der Waals surface area contributed by atoms with Crippen molar-refractivity contribution in [1.29, 1.82) is 0 Å². The topological polar surface area (TPSA) is 47.6 Å². The second-order valence-electron chi connectivity index (χ2n) is 2.78. The van der Waals surface area contributed by atoms with Crippen molar-refractivity contribution in [2.45, 2.75) is 34.6 Å².